The third-order valence-corrected chi connectivity index (χ3v) is 10.5. The largest absolute Gasteiger partial charge is 0.492 e. The maximum atomic E-state index is 16.6. The predicted octanol–water partition coefficient (Wildman–Crippen LogP) is 6.33. The first kappa shape index (κ1) is 36.0. The lowest BCUT2D eigenvalue weighted by atomic mass is 9.94. The summed E-state index contributed by atoms with van der Waals surface area (Å²) in [4.78, 5) is 30.8. The van der Waals surface area contributed by atoms with Crippen LogP contribution in [0, 0.1) is 0 Å². The van der Waals surface area contributed by atoms with Gasteiger partial charge in [-0.15, -0.1) is 0 Å². The van der Waals surface area contributed by atoms with E-state index >= 15 is 8.78 Å². The summed E-state index contributed by atoms with van der Waals surface area (Å²) >= 11 is 8.98. The van der Waals surface area contributed by atoms with Crippen molar-refractivity contribution in [1.82, 2.24) is 9.37 Å². The number of alkyl halides is 5. The number of benzene rings is 3. The van der Waals surface area contributed by atoms with Gasteiger partial charge in [0.2, 0.25) is 6.04 Å². The quantitative estimate of drug-likeness (QED) is 0.189. The average molecular weight is 781 g/mol. The Kier molecular flexibility index (Phi) is 10.4. The maximum Gasteiger partial charge on any atom is 0.492 e. The van der Waals surface area contributed by atoms with Crippen LogP contribution in [0.2, 0.25) is 5.02 Å². The van der Waals surface area contributed by atoms with E-state index in [0.717, 1.165) is 41.3 Å². The minimum Gasteiger partial charge on any atom is -0.489 e. The number of carbonyl (C=O) groups is 2. The number of hydrogen-bond acceptors (Lipinski definition) is 7. The van der Waals surface area contributed by atoms with Gasteiger partial charge in [-0.3, -0.25) is 4.79 Å². The predicted molar refractivity (Wildman–Crippen MR) is 166 cm³/mol. The number of ether oxygens (including phenoxy) is 1. The Hall–Kier alpha value is -3.31. The van der Waals surface area contributed by atoms with Gasteiger partial charge in [-0.2, -0.15) is 22.0 Å². The van der Waals surface area contributed by atoms with Crippen molar-refractivity contribution in [2.75, 3.05) is 0 Å². The van der Waals surface area contributed by atoms with Crippen LogP contribution in [0.4, 0.5) is 22.0 Å². The normalized spacial score (nSPS) is 20.4. The molecule has 5 rings (SSSR count). The molecule has 2 unspecified atom stereocenters. The molecule has 0 aromatic heterocycles. The molecule has 2 bridgehead atoms. The lowest BCUT2D eigenvalue weighted by molar-refractivity contribution is -0.240. The Morgan fingerprint density at radius 1 is 0.938 bits per heavy atom. The lowest BCUT2D eigenvalue weighted by Crippen LogP contribution is -2.62. The number of hydroxylamine groups is 1. The molecule has 2 fully saturated rings. The summed E-state index contributed by atoms with van der Waals surface area (Å²) in [6.07, 6.45) is -4.71. The minimum atomic E-state index is -5.81. The monoisotopic (exact) mass is 779 g/mol. The highest BCUT2D eigenvalue weighted by Gasteiger charge is 2.60. The Labute approximate surface area is 285 Å². The van der Waals surface area contributed by atoms with Crippen molar-refractivity contribution < 1.29 is 49.5 Å². The van der Waals surface area contributed by atoms with Crippen molar-refractivity contribution in [1.29, 1.82) is 0 Å². The fourth-order valence-electron chi connectivity index (χ4n) is 5.86. The molecule has 1 amide bonds. The number of nitrogens with zero attached hydrogens (tertiary/aromatic N) is 2. The number of rotatable bonds is 10. The summed E-state index contributed by atoms with van der Waals surface area (Å²) in [6, 6.07) is 9.67. The molecular weight excluding hydrogens is 753 g/mol. The highest BCUT2D eigenvalue weighted by atomic mass is 79.9. The third-order valence-electron chi connectivity index (χ3n) is 8.12. The molecule has 0 saturated carbocycles. The van der Waals surface area contributed by atoms with E-state index in [1.165, 1.54) is 12.1 Å². The first-order chi connectivity index (χ1) is 22.5. The summed E-state index contributed by atoms with van der Waals surface area (Å²) in [5.41, 5.74) is 5.85. The first-order valence-electron chi connectivity index (χ1n) is 14.5. The van der Waals surface area contributed by atoms with Gasteiger partial charge in [-0.25, -0.2) is 13.2 Å². The molecule has 2 aliphatic heterocycles. The van der Waals surface area contributed by atoms with Gasteiger partial charge in [0.1, 0.15) is 12.4 Å². The number of halogens is 7. The Bertz CT molecular complexity index is 1730. The molecule has 2 aliphatic rings. The maximum absolute atomic E-state index is 16.6. The van der Waals surface area contributed by atoms with Crippen LogP contribution in [0.1, 0.15) is 36.8 Å². The van der Waals surface area contributed by atoms with Crippen LogP contribution in [0.25, 0.3) is 0 Å². The summed E-state index contributed by atoms with van der Waals surface area (Å²) in [5.74, 6) is -9.07. The van der Waals surface area contributed by atoms with Crippen LogP contribution >= 0.6 is 27.5 Å². The van der Waals surface area contributed by atoms with Crippen molar-refractivity contribution in [3.05, 3.63) is 93.4 Å². The van der Waals surface area contributed by atoms with Crippen molar-refractivity contribution in [3.63, 3.8) is 0 Å². The zero-order chi connectivity index (χ0) is 35.0. The fraction of sp³-hybridized carbons (Fsp3) is 0.355. The van der Waals surface area contributed by atoms with E-state index in [2.05, 4.69) is 20.8 Å². The summed E-state index contributed by atoms with van der Waals surface area (Å²) < 4.78 is 107. The van der Waals surface area contributed by atoms with Gasteiger partial charge in [-0.1, -0.05) is 51.8 Å². The standard InChI is InChI=1S/C31H28BrClF5N3O6S/c32-20-5-3-19(4-6-20)30(34,35)27(28(42)40-23-9-10-24(40)16-22(39)15-23)41(47-29(43)31(36,37)38)48(44,45)26-13-11-25(12-14-26)46-17-18-1-7-21(33)8-2-18/h1-8,11-14,22-24,27H,9-10,15-17,39H2/t22?,23?,24?,27-/m1/s1. The van der Waals surface area contributed by atoms with Gasteiger partial charge < -0.3 is 20.2 Å². The molecular formula is C31H28BrClF5N3O6S. The molecule has 3 aromatic carbocycles. The molecule has 258 valence electrons. The topological polar surface area (TPSA) is 119 Å². The van der Waals surface area contributed by atoms with E-state index in [-0.39, 0.29) is 31.2 Å². The fourth-order valence-corrected chi connectivity index (χ4v) is 7.60. The third kappa shape index (κ3) is 7.62. The summed E-state index contributed by atoms with van der Waals surface area (Å²) in [5, 5.41) is 0.489. The molecule has 0 radical (unpaired) electrons. The lowest BCUT2D eigenvalue weighted by Gasteiger charge is -2.42. The number of amides is 1. The molecule has 3 aromatic rings. The molecule has 3 atom stereocenters. The number of nitrogens with two attached hydrogens (primary N) is 1. The van der Waals surface area contributed by atoms with Crippen LogP contribution in [0.5, 0.6) is 5.75 Å². The molecule has 48 heavy (non-hydrogen) atoms. The van der Waals surface area contributed by atoms with Gasteiger partial charge >= 0.3 is 18.1 Å². The number of hydrogen-bond donors (Lipinski definition) is 1. The van der Waals surface area contributed by atoms with E-state index in [1.807, 2.05) is 0 Å². The molecule has 2 saturated heterocycles. The number of carbonyl (C=O) groups excluding carboxylic acids is 2. The van der Waals surface area contributed by atoms with Crippen LogP contribution in [0.3, 0.4) is 0 Å². The highest BCUT2D eigenvalue weighted by Crippen LogP contribution is 2.43. The smallest absolute Gasteiger partial charge is 0.489 e. The number of sulfonamides is 1. The Morgan fingerprint density at radius 3 is 2.04 bits per heavy atom. The van der Waals surface area contributed by atoms with E-state index in [4.69, 9.17) is 22.1 Å². The van der Waals surface area contributed by atoms with Gasteiger partial charge in [0, 0.05) is 33.2 Å². The van der Waals surface area contributed by atoms with E-state index in [1.54, 1.807) is 24.3 Å². The van der Waals surface area contributed by atoms with Crippen LogP contribution in [-0.4, -0.2) is 60.0 Å². The van der Waals surface area contributed by atoms with Crippen molar-refractivity contribution in [3.8, 4) is 5.75 Å². The van der Waals surface area contributed by atoms with E-state index in [9.17, 15) is 31.2 Å². The highest BCUT2D eigenvalue weighted by molar-refractivity contribution is 9.10. The zero-order valence-electron chi connectivity index (χ0n) is 24.7. The Morgan fingerprint density at radius 2 is 1.50 bits per heavy atom. The average Bonchev–Trinajstić information content (AvgIpc) is 3.30. The molecule has 17 heteroatoms. The van der Waals surface area contributed by atoms with Crippen molar-refractivity contribution >= 4 is 49.4 Å². The van der Waals surface area contributed by atoms with Crippen LogP contribution in [-0.2, 0) is 37.0 Å². The van der Waals surface area contributed by atoms with Crippen LogP contribution in [0.15, 0.2) is 82.2 Å². The number of fused-ring (bicyclic) bond motifs is 2. The van der Waals surface area contributed by atoms with E-state index in [0.29, 0.717) is 27.9 Å². The zero-order valence-corrected chi connectivity index (χ0v) is 27.9. The molecule has 0 spiro atoms. The van der Waals surface area contributed by atoms with Gasteiger partial charge in [0.15, 0.2) is 0 Å². The second kappa shape index (κ2) is 13.9. The molecule has 2 heterocycles. The first-order valence-corrected chi connectivity index (χ1v) is 17.1. The SMILES string of the molecule is NC1CC2CCC(C1)N2C(=O)[C@@H](N(OC(=O)C(F)(F)F)S(=O)(=O)c1ccc(OCc2ccc(Cl)cc2)cc1)C(F)(F)c1ccc(Br)cc1. The van der Waals surface area contributed by atoms with Crippen molar-refractivity contribution in [2.24, 2.45) is 5.73 Å². The molecule has 0 aliphatic carbocycles. The van der Waals surface area contributed by atoms with E-state index < -0.39 is 67.1 Å². The second-order valence-electron chi connectivity index (χ2n) is 11.4. The summed E-state index contributed by atoms with van der Waals surface area (Å²) in [6.45, 7) is 0.0242. The van der Waals surface area contributed by atoms with Gasteiger partial charge in [0.05, 0.1) is 4.90 Å². The van der Waals surface area contributed by atoms with Crippen LogP contribution < -0.4 is 10.5 Å². The molecule has 2 N–H and O–H groups in total. The Balaban J connectivity index is 1.57. The minimum absolute atomic E-state index is 0.0242. The molecule has 9 nitrogen and oxygen atoms in total. The number of piperidine rings is 1. The van der Waals surface area contributed by atoms with Gasteiger partial charge in [-0.05, 0) is 84.2 Å². The van der Waals surface area contributed by atoms with Crippen molar-refractivity contribution in [2.45, 2.75) is 73.5 Å². The van der Waals surface area contributed by atoms with Gasteiger partial charge in [0.25, 0.3) is 15.9 Å². The summed E-state index contributed by atoms with van der Waals surface area (Å²) in [7, 11) is -5.59. The second-order valence-corrected chi connectivity index (χ2v) is 14.6.